The van der Waals surface area contributed by atoms with Gasteiger partial charge in [-0.2, -0.15) is 5.26 Å². The average Bonchev–Trinajstić information content (AvgIpc) is 3.09. The van der Waals surface area contributed by atoms with E-state index < -0.39 is 11.9 Å². The van der Waals surface area contributed by atoms with Gasteiger partial charge in [-0.05, 0) is 36.4 Å². The molecule has 146 valence electrons. The van der Waals surface area contributed by atoms with Gasteiger partial charge < -0.3 is 24.5 Å². The molecule has 0 spiro atoms. The summed E-state index contributed by atoms with van der Waals surface area (Å²) in [5.74, 6) is -0.108. The van der Waals surface area contributed by atoms with Gasteiger partial charge in [-0.25, -0.2) is 9.59 Å². The van der Waals surface area contributed by atoms with Crippen molar-refractivity contribution < 1.29 is 23.8 Å². The summed E-state index contributed by atoms with van der Waals surface area (Å²) in [6.45, 7) is 0. The molecular formula is C21H17N3O5. The molecule has 0 amide bonds. The molecule has 0 unspecified atom stereocenters. The SMILES string of the molecule is COC(=O)c1ccc(Oc2cccc(-n3cc(C#N)c(N)c3C(=O)OC)c2)cc1. The highest BCUT2D eigenvalue weighted by Crippen LogP contribution is 2.28. The Hall–Kier alpha value is -4.25. The molecule has 1 aromatic heterocycles. The first-order valence-corrected chi connectivity index (χ1v) is 8.44. The van der Waals surface area contributed by atoms with Crippen LogP contribution in [-0.2, 0) is 9.47 Å². The van der Waals surface area contributed by atoms with Crippen molar-refractivity contribution in [1.82, 2.24) is 4.57 Å². The van der Waals surface area contributed by atoms with E-state index >= 15 is 0 Å². The van der Waals surface area contributed by atoms with E-state index in [9.17, 15) is 14.9 Å². The van der Waals surface area contributed by atoms with Crippen LogP contribution in [-0.4, -0.2) is 30.7 Å². The Bertz CT molecular complexity index is 1110. The Morgan fingerprint density at radius 3 is 2.31 bits per heavy atom. The quantitative estimate of drug-likeness (QED) is 0.663. The van der Waals surface area contributed by atoms with Crippen LogP contribution in [0.1, 0.15) is 26.4 Å². The van der Waals surface area contributed by atoms with Crippen molar-refractivity contribution in [3.8, 4) is 23.3 Å². The third-order valence-electron chi connectivity index (χ3n) is 4.15. The number of anilines is 1. The number of esters is 2. The molecule has 8 nitrogen and oxygen atoms in total. The number of nitriles is 1. The Balaban J connectivity index is 1.94. The lowest BCUT2D eigenvalue weighted by Crippen LogP contribution is -2.11. The number of carbonyl (C=O) groups is 2. The number of rotatable bonds is 5. The molecule has 3 aromatic rings. The first kappa shape index (κ1) is 19.5. The molecule has 0 aliphatic carbocycles. The second-order valence-electron chi connectivity index (χ2n) is 5.89. The molecule has 0 atom stereocenters. The summed E-state index contributed by atoms with van der Waals surface area (Å²) in [5, 5.41) is 9.23. The highest BCUT2D eigenvalue weighted by atomic mass is 16.5. The Kier molecular flexibility index (Phi) is 5.51. The summed E-state index contributed by atoms with van der Waals surface area (Å²) >= 11 is 0. The molecule has 2 N–H and O–H groups in total. The minimum Gasteiger partial charge on any atom is -0.465 e. The van der Waals surface area contributed by atoms with Crippen LogP contribution in [0, 0.1) is 11.3 Å². The molecule has 29 heavy (non-hydrogen) atoms. The van der Waals surface area contributed by atoms with Gasteiger partial charge in [-0.3, -0.25) is 0 Å². The number of hydrogen-bond acceptors (Lipinski definition) is 7. The maximum atomic E-state index is 12.1. The molecule has 0 saturated carbocycles. The molecule has 3 rings (SSSR count). The summed E-state index contributed by atoms with van der Waals surface area (Å²) in [6, 6.07) is 15.3. The number of aromatic nitrogens is 1. The molecule has 1 heterocycles. The average molecular weight is 391 g/mol. The molecule has 0 fully saturated rings. The number of nitrogens with two attached hydrogens (primary N) is 1. The minimum absolute atomic E-state index is 0.0454. The highest BCUT2D eigenvalue weighted by molar-refractivity contribution is 5.96. The van der Waals surface area contributed by atoms with Crippen molar-refractivity contribution >= 4 is 17.6 Å². The summed E-state index contributed by atoms with van der Waals surface area (Å²) in [7, 11) is 2.55. The van der Waals surface area contributed by atoms with Gasteiger partial charge in [0, 0.05) is 18.0 Å². The lowest BCUT2D eigenvalue weighted by molar-refractivity contribution is 0.0587. The number of benzene rings is 2. The predicted octanol–water partition coefficient (Wildman–Crippen LogP) is 3.30. The lowest BCUT2D eigenvalue weighted by atomic mass is 10.2. The van der Waals surface area contributed by atoms with E-state index in [1.807, 2.05) is 6.07 Å². The van der Waals surface area contributed by atoms with Gasteiger partial charge in [0.15, 0.2) is 5.69 Å². The van der Waals surface area contributed by atoms with Crippen molar-refractivity contribution in [3.63, 3.8) is 0 Å². The van der Waals surface area contributed by atoms with Gasteiger partial charge in [-0.15, -0.1) is 0 Å². The zero-order valence-electron chi connectivity index (χ0n) is 15.7. The molecule has 8 heteroatoms. The molecule has 0 aliphatic heterocycles. The zero-order valence-corrected chi connectivity index (χ0v) is 15.7. The predicted molar refractivity (Wildman–Crippen MR) is 104 cm³/mol. The van der Waals surface area contributed by atoms with Crippen LogP contribution in [0.5, 0.6) is 11.5 Å². The van der Waals surface area contributed by atoms with E-state index in [0.29, 0.717) is 22.7 Å². The number of ether oxygens (including phenoxy) is 3. The van der Waals surface area contributed by atoms with E-state index in [1.54, 1.807) is 48.5 Å². The second-order valence-corrected chi connectivity index (χ2v) is 5.89. The summed E-state index contributed by atoms with van der Waals surface area (Å²) < 4.78 is 16.8. The summed E-state index contributed by atoms with van der Waals surface area (Å²) in [4.78, 5) is 23.7. The van der Waals surface area contributed by atoms with E-state index in [1.165, 1.54) is 25.0 Å². The van der Waals surface area contributed by atoms with Crippen LogP contribution >= 0.6 is 0 Å². The maximum absolute atomic E-state index is 12.1. The second kappa shape index (κ2) is 8.19. The number of methoxy groups -OCH3 is 2. The van der Waals surface area contributed by atoms with Crippen molar-refractivity contribution in [2.75, 3.05) is 20.0 Å². The molecule has 0 bridgehead atoms. The molecule has 0 radical (unpaired) electrons. The van der Waals surface area contributed by atoms with Crippen LogP contribution in [0.25, 0.3) is 5.69 Å². The monoisotopic (exact) mass is 391 g/mol. The third-order valence-corrected chi connectivity index (χ3v) is 4.15. The van der Waals surface area contributed by atoms with E-state index in [0.717, 1.165) is 0 Å². The number of nitrogens with zero attached hydrogens (tertiary/aromatic N) is 2. The van der Waals surface area contributed by atoms with Crippen molar-refractivity contribution in [3.05, 3.63) is 71.5 Å². The largest absolute Gasteiger partial charge is 0.465 e. The van der Waals surface area contributed by atoms with Gasteiger partial charge in [0.2, 0.25) is 0 Å². The smallest absolute Gasteiger partial charge is 0.357 e. The normalized spacial score (nSPS) is 10.1. The Labute approximate surface area is 166 Å². The van der Waals surface area contributed by atoms with Gasteiger partial charge in [-0.1, -0.05) is 6.07 Å². The van der Waals surface area contributed by atoms with Crippen LogP contribution < -0.4 is 10.5 Å². The van der Waals surface area contributed by atoms with E-state index in [4.69, 9.17) is 15.2 Å². The van der Waals surface area contributed by atoms with E-state index in [-0.39, 0.29) is 16.9 Å². The van der Waals surface area contributed by atoms with Gasteiger partial charge in [0.05, 0.1) is 31.0 Å². The fraction of sp³-hybridized carbons (Fsp3) is 0.0952. The maximum Gasteiger partial charge on any atom is 0.357 e. The van der Waals surface area contributed by atoms with Crippen LogP contribution in [0.2, 0.25) is 0 Å². The molecule has 0 saturated heterocycles. The summed E-state index contributed by atoms with van der Waals surface area (Å²) in [6.07, 6.45) is 1.46. The van der Waals surface area contributed by atoms with E-state index in [2.05, 4.69) is 4.74 Å². The molecule has 2 aromatic carbocycles. The molecular weight excluding hydrogens is 374 g/mol. The Morgan fingerprint density at radius 1 is 1.00 bits per heavy atom. The van der Waals surface area contributed by atoms with Crippen molar-refractivity contribution in [1.29, 1.82) is 5.26 Å². The van der Waals surface area contributed by atoms with Gasteiger partial charge >= 0.3 is 11.9 Å². The number of nitrogen functional groups attached to an aromatic ring is 1. The molecule has 0 aliphatic rings. The van der Waals surface area contributed by atoms with Crippen molar-refractivity contribution in [2.24, 2.45) is 0 Å². The zero-order chi connectivity index (χ0) is 21.0. The van der Waals surface area contributed by atoms with Crippen LogP contribution in [0.3, 0.4) is 0 Å². The highest BCUT2D eigenvalue weighted by Gasteiger charge is 2.21. The Morgan fingerprint density at radius 2 is 1.69 bits per heavy atom. The van der Waals surface area contributed by atoms with Gasteiger partial charge in [0.25, 0.3) is 0 Å². The standard InChI is InChI=1S/C21H17N3O5/c1-27-20(25)13-6-8-16(9-7-13)29-17-5-3-4-15(10-17)24-12-14(11-22)18(23)19(24)21(26)28-2/h3-10,12H,23H2,1-2H3. The van der Waals surface area contributed by atoms with Crippen LogP contribution in [0.15, 0.2) is 54.7 Å². The third kappa shape index (κ3) is 3.89. The van der Waals surface area contributed by atoms with Crippen LogP contribution in [0.4, 0.5) is 5.69 Å². The first-order valence-electron chi connectivity index (χ1n) is 8.44. The van der Waals surface area contributed by atoms with Gasteiger partial charge in [0.1, 0.15) is 17.6 Å². The fourth-order valence-corrected chi connectivity index (χ4v) is 2.73. The topological polar surface area (TPSA) is 117 Å². The number of carbonyl (C=O) groups excluding carboxylic acids is 2. The fourth-order valence-electron chi connectivity index (χ4n) is 2.73. The number of hydrogen-bond donors (Lipinski definition) is 1. The lowest BCUT2D eigenvalue weighted by Gasteiger charge is -2.11. The first-order chi connectivity index (χ1) is 14.0. The summed E-state index contributed by atoms with van der Waals surface area (Å²) in [5.41, 5.74) is 7.16. The van der Waals surface area contributed by atoms with Crippen molar-refractivity contribution in [2.45, 2.75) is 0 Å². The minimum atomic E-state index is -0.659.